The number of nitrogens with zero attached hydrogens (tertiary/aromatic N) is 3. The van der Waals surface area contributed by atoms with Gasteiger partial charge >= 0.3 is 0 Å². The number of hydrogen-bond donors (Lipinski definition) is 1. The first-order chi connectivity index (χ1) is 11.2. The molecule has 122 valence electrons. The number of aromatic amines is 1. The zero-order chi connectivity index (χ0) is 16.2. The fraction of sp³-hybridized carbons (Fsp3) is 0.438. The van der Waals surface area contributed by atoms with Gasteiger partial charge in [-0.2, -0.15) is 5.10 Å². The van der Waals surface area contributed by atoms with Crippen molar-refractivity contribution in [2.45, 2.75) is 31.7 Å². The number of amides is 1. The van der Waals surface area contributed by atoms with Crippen LogP contribution in [0.25, 0.3) is 0 Å². The van der Waals surface area contributed by atoms with Crippen LogP contribution < -0.4 is 4.74 Å². The van der Waals surface area contributed by atoms with Crippen LogP contribution in [-0.4, -0.2) is 39.6 Å². The van der Waals surface area contributed by atoms with Crippen LogP contribution in [0.4, 0.5) is 0 Å². The Bertz CT molecular complexity index is 675. The minimum Gasteiger partial charge on any atom is -0.496 e. The average Bonchev–Trinajstić information content (AvgIpc) is 3.11. The van der Waals surface area contributed by atoms with E-state index in [1.807, 2.05) is 17.0 Å². The quantitative estimate of drug-likeness (QED) is 0.933. The smallest absolute Gasteiger partial charge is 0.227 e. The summed E-state index contributed by atoms with van der Waals surface area (Å²) in [5, 5.41) is 7.33. The molecule has 1 N–H and O–H groups in total. The summed E-state index contributed by atoms with van der Waals surface area (Å²) in [6.45, 7) is 0.719. The molecule has 1 aliphatic rings. The summed E-state index contributed by atoms with van der Waals surface area (Å²) in [5.74, 6) is 1.40. The molecule has 2 aromatic rings. The molecule has 0 radical (unpaired) electrons. The highest BCUT2D eigenvalue weighted by Gasteiger charge is 2.30. The van der Waals surface area contributed by atoms with Crippen molar-refractivity contribution in [3.63, 3.8) is 0 Å². The molecule has 1 unspecified atom stereocenters. The summed E-state index contributed by atoms with van der Waals surface area (Å²) in [7, 11) is 1.58. The first kappa shape index (κ1) is 15.8. The largest absolute Gasteiger partial charge is 0.496 e. The lowest BCUT2D eigenvalue weighted by atomic mass is 10.00. The second kappa shape index (κ2) is 7.00. The van der Waals surface area contributed by atoms with Crippen molar-refractivity contribution in [2.75, 3.05) is 13.7 Å². The molecule has 0 spiro atoms. The Balaban J connectivity index is 1.82. The van der Waals surface area contributed by atoms with Crippen molar-refractivity contribution < 1.29 is 9.53 Å². The van der Waals surface area contributed by atoms with E-state index < -0.39 is 0 Å². The number of halogens is 1. The monoisotopic (exact) mass is 334 g/mol. The van der Waals surface area contributed by atoms with Crippen LogP contribution >= 0.6 is 11.6 Å². The summed E-state index contributed by atoms with van der Waals surface area (Å²) >= 11 is 6.25. The van der Waals surface area contributed by atoms with Gasteiger partial charge in [0.15, 0.2) is 0 Å². The van der Waals surface area contributed by atoms with Gasteiger partial charge in [-0.1, -0.05) is 17.7 Å². The van der Waals surface area contributed by atoms with Crippen molar-refractivity contribution in [3.05, 3.63) is 40.9 Å². The number of benzene rings is 1. The fourth-order valence-corrected chi connectivity index (χ4v) is 3.28. The van der Waals surface area contributed by atoms with E-state index in [4.69, 9.17) is 16.3 Å². The summed E-state index contributed by atoms with van der Waals surface area (Å²) < 4.78 is 5.33. The number of ether oxygens (including phenoxy) is 1. The Morgan fingerprint density at radius 3 is 3.09 bits per heavy atom. The summed E-state index contributed by atoms with van der Waals surface area (Å²) in [4.78, 5) is 18.9. The zero-order valence-electron chi connectivity index (χ0n) is 13.0. The Morgan fingerprint density at radius 1 is 1.48 bits per heavy atom. The second-order valence-corrected chi connectivity index (χ2v) is 5.97. The Kier molecular flexibility index (Phi) is 4.81. The van der Waals surface area contributed by atoms with E-state index in [0.717, 1.165) is 37.2 Å². The second-order valence-electron chi connectivity index (χ2n) is 5.57. The number of carbonyl (C=O) groups is 1. The molecule has 1 aromatic heterocycles. The molecular formula is C16H19ClN4O2. The predicted molar refractivity (Wildman–Crippen MR) is 86.4 cm³/mol. The number of H-pyrrole nitrogens is 1. The van der Waals surface area contributed by atoms with Gasteiger partial charge in [-0.15, -0.1) is 0 Å². The van der Waals surface area contributed by atoms with E-state index >= 15 is 0 Å². The maximum Gasteiger partial charge on any atom is 0.227 e. The van der Waals surface area contributed by atoms with Gasteiger partial charge in [0.25, 0.3) is 0 Å². The predicted octanol–water partition coefficient (Wildman–Crippen LogP) is 2.76. The van der Waals surface area contributed by atoms with Gasteiger partial charge in [0.2, 0.25) is 5.91 Å². The van der Waals surface area contributed by atoms with Crippen molar-refractivity contribution in [1.29, 1.82) is 0 Å². The van der Waals surface area contributed by atoms with Gasteiger partial charge < -0.3 is 9.64 Å². The number of piperidine rings is 1. The molecule has 1 saturated heterocycles. The third kappa shape index (κ3) is 3.32. The summed E-state index contributed by atoms with van der Waals surface area (Å²) in [5.41, 5.74) is 0.726. The standard InChI is InChI=1S/C16H19ClN4O2/c1-23-14-7-4-5-12(17)11(14)9-15(22)21-8-3-2-6-13(21)16-18-10-19-20-16/h4-5,7,10,13H,2-3,6,8-9H2,1H3,(H,18,19,20). The molecular weight excluding hydrogens is 316 g/mol. The topological polar surface area (TPSA) is 71.1 Å². The molecule has 2 heterocycles. The highest BCUT2D eigenvalue weighted by atomic mass is 35.5. The van der Waals surface area contributed by atoms with Crippen LogP contribution in [0.1, 0.15) is 36.7 Å². The molecule has 1 atom stereocenters. The Hall–Kier alpha value is -2.08. The number of carbonyl (C=O) groups excluding carboxylic acids is 1. The van der Waals surface area contributed by atoms with E-state index in [0.29, 0.717) is 10.8 Å². The lowest BCUT2D eigenvalue weighted by Gasteiger charge is -2.34. The summed E-state index contributed by atoms with van der Waals surface area (Å²) in [6.07, 6.45) is 4.65. The molecule has 7 heteroatoms. The molecule has 0 aliphatic carbocycles. The first-order valence-electron chi connectivity index (χ1n) is 7.67. The lowest BCUT2D eigenvalue weighted by Crippen LogP contribution is -2.40. The molecule has 0 bridgehead atoms. The molecule has 1 aromatic carbocycles. The third-order valence-electron chi connectivity index (χ3n) is 4.20. The summed E-state index contributed by atoms with van der Waals surface area (Å²) in [6, 6.07) is 5.36. The van der Waals surface area contributed by atoms with Crippen LogP contribution in [0, 0.1) is 0 Å². The maximum atomic E-state index is 12.8. The molecule has 1 aliphatic heterocycles. The Labute approximate surface area is 139 Å². The molecule has 6 nitrogen and oxygen atoms in total. The number of hydrogen-bond acceptors (Lipinski definition) is 4. The van der Waals surface area contributed by atoms with Gasteiger partial charge in [0.1, 0.15) is 17.9 Å². The zero-order valence-corrected chi connectivity index (χ0v) is 13.7. The molecule has 0 saturated carbocycles. The van der Waals surface area contributed by atoms with Crippen LogP contribution in [0.3, 0.4) is 0 Å². The van der Waals surface area contributed by atoms with Crippen LogP contribution in [0.5, 0.6) is 5.75 Å². The van der Waals surface area contributed by atoms with Crippen LogP contribution in [-0.2, 0) is 11.2 Å². The minimum absolute atomic E-state index is 0.0255. The third-order valence-corrected chi connectivity index (χ3v) is 4.55. The highest BCUT2D eigenvalue weighted by molar-refractivity contribution is 6.31. The lowest BCUT2D eigenvalue weighted by molar-refractivity contribution is -0.134. The van der Waals surface area contributed by atoms with Gasteiger partial charge in [-0.3, -0.25) is 9.89 Å². The van der Waals surface area contributed by atoms with Gasteiger partial charge in [-0.05, 0) is 31.4 Å². The molecule has 3 rings (SSSR count). The number of methoxy groups -OCH3 is 1. The number of nitrogens with one attached hydrogen (secondary N) is 1. The van der Waals surface area contributed by atoms with Gasteiger partial charge in [-0.25, -0.2) is 4.98 Å². The van der Waals surface area contributed by atoms with E-state index in [9.17, 15) is 4.79 Å². The van der Waals surface area contributed by atoms with E-state index in [2.05, 4.69) is 15.2 Å². The first-order valence-corrected chi connectivity index (χ1v) is 8.04. The van der Waals surface area contributed by atoms with E-state index in [-0.39, 0.29) is 18.4 Å². The number of likely N-dealkylation sites (tertiary alicyclic amines) is 1. The van der Waals surface area contributed by atoms with Crippen LogP contribution in [0.2, 0.25) is 5.02 Å². The van der Waals surface area contributed by atoms with E-state index in [1.54, 1.807) is 13.2 Å². The minimum atomic E-state index is -0.0489. The van der Waals surface area contributed by atoms with Crippen LogP contribution in [0.15, 0.2) is 24.5 Å². The number of aromatic nitrogens is 3. The fourth-order valence-electron chi connectivity index (χ4n) is 3.04. The van der Waals surface area contributed by atoms with Crippen molar-refractivity contribution in [3.8, 4) is 5.75 Å². The average molecular weight is 335 g/mol. The molecule has 1 fully saturated rings. The van der Waals surface area contributed by atoms with Gasteiger partial charge in [0.05, 0.1) is 19.6 Å². The van der Waals surface area contributed by atoms with Crippen molar-refractivity contribution >= 4 is 17.5 Å². The van der Waals surface area contributed by atoms with Crippen molar-refractivity contribution in [2.24, 2.45) is 0 Å². The highest BCUT2D eigenvalue weighted by Crippen LogP contribution is 2.31. The Morgan fingerprint density at radius 2 is 2.35 bits per heavy atom. The van der Waals surface area contributed by atoms with Crippen molar-refractivity contribution in [1.82, 2.24) is 20.1 Å². The maximum absolute atomic E-state index is 12.8. The van der Waals surface area contributed by atoms with Gasteiger partial charge in [0, 0.05) is 17.1 Å². The number of rotatable bonds is 4. The normalized spacial score (nSPS) is 18.0. The molecule has 1 amide bonds. The SMILES string of the molecule is COc1cccc(Cl)c1CC(=O)N1CCCCC1c1ncn[nH]1. The van der Waals surface area contributed by atoms with E-state index in [1.165, 1.54) is 6.33 Å². The molecule has 23 heavy (non-hydrogen) atoms.